The molecule has 0 saturated carbocycles. The molecule has 1 unspecified atom stereocenters. The van der Waals surface area contributed by atoms with Gasteiger partial charge in [0.05, 0.1) is 7.11 Å². The summed E-state index contributed by atoms with van der Waals surface area (Å²) in [5, 5.41) is 3.51. The number of anilines is 1. The number of hydrogen-bond acceptors (Lipinski definition) is 5. The first-order valence-corrected chi connectivity index (χ1v) is 11.4. The predicted molar refractivity (Wildman–Crippen MR) is 141 cm³/mol. The van der Waals surface area contributed by atoms with Gasteiger partial charge in [-0.15, -0.1) is 24.0 Å². The first-order chi connectivity index (χ1) is 14.6. The Hall–Kier alpha value is -1.26. The second-order valence-corrected chi connectivity index (χ2v) is 8.58. The SMILES string of the molecule is CCNC(=NCC(C)CN1CCN(C)CC1)N1CCN(c2cccc(OC)c2)CC1.I. The molecule has 1 aromatic rings. The summed E-state index contributed by atoms with van der Waals surface area (Å²) in [5.74, 6) is 2.55. The van der Waals surface area contributed by atoms with Gasteiger partial charge in [0.2, 0.25) is 0 Å². The molecule has 3 rings (SSSR count). The molecule has 0 aromatic heterocycles. The molecule has 0 amide bonds. The smallest absolute Gasteiger partial charge is 0.194 e. The fourth-order valence-corrected chi connectivity index (χ4v) is 4.18. The van der Waals surface area contributed by atoms with Crippen LogP contribution in [0, 0.1) is 5.92 Å². The van der Waals surface area contributed by atoms with Crippen LogP contribution in [0.25, 0.3) is 0 Å². The number of likely N-dealkylation sites (N-methyl/N-ethyl adjacent to an activating group) is 1. The molecule has 1 N–H and O–H groups in total. The van der Waals surface area contributed by atoms with E-state index in [0.29, 0.717) is 5.92 Å². The molecular weight excluding hydrogens is 503 g/mol. The van der Waals surface area contributed by atoms with Crippen LogP contribution in [0.2, 0.25) is 0 Å². The highest BCUT2D eigenvalue weighted by Crippen LogP contribution is 2.22. The molecular formula is C23H41IN6O. The molecule has 1 aromatic carbocycles. The van der Waals surface area contributed by atoms with Gasteiger partial charge in [-0.2, -0.15) is 0 Å². The first kappa shape index (κ1) is 26.0. The van der Waals surface area contributed by atoms with Crippen molar-refractivity contribution in [1.82, 2.24) is 20.0 Å². The van der Waals surface area contributed by atoms with E-state index in [-0.39, 0.29) is 24.0 Å². The van der Waals surface area contributed by atoms with E-state index in [4.69, 9.17) is 9.73 Å². The molecule has 7 nitrogen and oxygen atoms in total. The van der Waals surface area contributed by atoms with E-state index in [2.05, 4.69) is 64.0 Å². The maximum atomic E-state index is 5.38. The Morgan fingerprint density at radius 3 is 2.45 bits per heavy atom. The molecule has 0 radical (unpaired) electrons. The molecule has 2 heterocycles. The van der Waals surface area contributed by atoms with Gasteiger partial charge < -0.3 is 29.7 Å². The number of guanidine groups is 1. The highest BCUT2D eigenvalue weighted by Gasteiger charge is 2.21. The minimum atomic E-state index is 0. The van der Waals surface area contributed by atoms with E-state index >= 15 is 0 Å². The van der Waals surface area contributed by atoms with Gasteiger partial charge in [-0.25, -0.2) is 0 Å². The van der Waals surface area contributed by atoms with Crippen molar-refractivity contribution in [3.05, 3.63) is 24.3 Å². The number of halogens is 1. The molecule has 2 fully saturated rings. The Morgan fingerprint density at radius 1 is 1.10 bits per heavy atom. The summed E-state index contributed by atoms with van der Waals surface area (Å²) < 4.78 is 5.38. The van der Waals surface area contributed by atoms with Crippen molar-refractivity contribution < 1.29 is 4.74 Å². The lowest BCUT2D eigenvalue weighted by Crippen LogP contribution is -2.52. The number of piperazine rings is 2. The van der Waals surface area contributed by atoms with Crippen molar-refractivity contribution in [2.24, 2.45) is 10.9 Å². The molecule has 8 heteroatoms. The Bertz CT molecular complexity index is 672. The zero-order valence-corrected chi connectivity index (χ0v) is 22.0. The highest BCUT2D eigenvalue weighted by atomic mass is 127. The van der Waals surface area contributed by atoms with Crippen molar-refractivity contribution in [1.29, 1.82) is 0 Å². The lowest BCUT2D eigenvalue weighted by atomic mass is 10.1. The molecule has 0 spiro atoms. The van der Waals surface area contributed by atoms with Crippen molar-refractivity contribution in [2.75, 3.05) is 91.0 Å². The number of nitrogens with zero attached hydrogens (tertiary/aromatic N) is 5. The van der Waals surface area contributed by atoms with Crippen LogP contribution in [0.3, 0.4) is 0 Å². The van der Waals surface area contributed by atoms with E-state index in [1.54, 1.807) is 7.11 Å². The first-order valence-electron chi connectivity index (χ1n) is 11.4. The third-order valence-electron chi connectivity index (χ3n) is 6.05. The van der Waals surface area contributed by atoms with Crippen molar-refractivity contribution in [3.63, 3.8) is 0 Å². The molecule has 176 valence electrons. The molecule has 2 aliphatic heterocycles. The average molecular weight is 545 g/mol. The molecule has 0 bridgehead atoms. The average Bonchev–Trinajstić information content (AvgIpc) is 2.78. The largest absolute Gasteiger partial charge is 0.497 e. The molecule has 1 atom stereocenters. The maximum absolute atomic E-state index is 5.38. The summed E-state index contributed by atoms with van der Waals surface area (Å²) >= 11 is 0. The number of nitrogens with one attached hydrogen (secondary N) is 1. The lowest BCUT2D eigenvalue weighted by molar-refractivity contribution is 0.140. The minimum absolute atomic E-state index is 0. The molecule has 2 aliphatic rings. The second kappa shape index (κ2) is 13.3. The Morgan fingerprint density at radius 2 is 1.81 bits per heavy atom. The van der Waals surface area contributed by atoms with E-state index in [1.807, 2.05) is 6.07 Å². The van der Waals surface area contributed by atoms with Crippen molar-refractivity contribution >= 4 is 35.6 Å². The van der Waals surface area contributed by atoms with Gasteiger partial charge in [0, 0.05) is 83.7 Å². The van der Waals surface area contributed by atoms with Gasteiger partial charge in [0.1, 0.15) is 5.75 Å². The summed E-state index contributed by atoms with van der Waals surface area (Å²) in [6.07, 6.45) is 0. The zero-order valence-electron chi connectivity index (χ0n) is 19.7. The van der Waals surface area contributed by atoms with Crippen LogP contribution < -0.4 is 15.0 Å². The number of methoxy groups -OCH3 is 1. The Kier molecular flexibility index (Phi) is 11.2. The maximum Gasteiger partial charge on any atom is 0.194 e. The van der Waals surface area contributed by atoms with Crippen LogP contribution in [0.15, 0.2) is 29.3 Å². The minimum Gasteiger partial charge on any atom is -0.497 e. The van der Waals surface area contributed by atoms with Crippen LogP contribution in [-0.4, -0.2) is 107 Å². The number of rotatable bonds is 7. The van der Waals surface area contributed by atoms with Crippen LogP contribution in [-0.2, 0) is 0 Å². The van der Waals surface area contributed by atoms with E-state index in [9.17, 15) is 0 Å². The van der Waals surface area contributed by atoms with Gasteiger partial charge in [0.15, 0.2) is 5.96 Å². The zero-order chi connectivity index (χ0) is 21.3. The Labute approximate surface area is 205 Å². The van der Waals surface area contributed by atoms with Gasteiger partial charge in [-0.05, 0) is 32.0 Å². The molecule has 31 heavy (non-hydrogen) atoms. The highest BCUT2D eigenvalue weighted by molar-refractivity contribution is 14.0. The van der Waals surface area contributed by atoms with Crippen molar-refractivity contribution in [2.45, 2.75) is 13.8 Å². The standard InChI is InChI=1S/C23H40N6O.HI/c1-5-24-23(25-18-20(2)19-27-11-9-26(3)10-12-27)29-15-13-28(14-16-29)21-7-6-8-22(17-21)30-4;/h6-8,17,20H,5,9-16,18-19H2,1-4H3,(H,24,25);1H. The summed E-state index contributed by atoms with van der Waals surface area (Å²) in [6.45, 7) is 16.1. The predicted octanol–water partition coefficient (Wildman–Crippen LogP) is 2.28. The van der Waals surface area contributed by atoms with Gasteiger partial charge in [-0.1, -0.05) is 13.0 Å². The van der Waals surface area contributed by atoms with Gasteiger partial charge in [0.25, 0.3) is 0 Å². The van der Waals surface area contributed by atoms with Crippen LogP contribution in [0.1, 0.15) is 13.8 Å². The monoisotopic (exact) mass is 544 g/mol. The summed E-state index contributed by atoms with van der Waals surface area (Å²) in [7, 11) is 3.93. The third kappa shape index (κ3) is 7.98. The number of hydrogen-bond donors (Lipinski definition) is 1. The van der Waals surface area contributed by atoms with Crippen LogP contribution in [0.4, 0.5) is 5.69 Å². The fraction of sp³-hybridized carbons (Fsp3) is 0.696. The third-order valence-corrected chi connectivity index (χ3v) is 6.05. The number of aliphatic imine (C=N–C) groups is 1. The molecule has 0 aliphatic carbocycles. The van der Waals surface area contributed by atoms with Gasteiger partial charge in [-0.3, -0.25) is 4.99 Å². The Balaban J connectivity index is 0.00000341. The molecule has 2 saturated heterocycles. The van der Waals surface area contributed by atoms with Crippen molar-refractivity contribution in [3.8, 4) is 5.75 Å². The summed E-state index contributed by atoms with van der Waals surface area (Å²) in [6, 6.07) is 8.35. The summed E-state index contributed by atoms with van der Waals surface area (Å²) in [4.78, 5) is 14.8. The normalized spacial score (nSPS) is 19.7. The second-order valence-electron chi connectivity index (χ2n) is 8.58. The van der Waals surface area contributed by atoms with Crippen LogP contribution >= 0.6 is 24.0 Å². The van der Waals surface area contributed by atoms with E-state index < -0.39 is 0 Å². The topological polar surface area (TPSA) is 46.6 Å². The van der Waals surface area contributed by atoms with E-state index in [1.165, 1.54) is 31.9 Å². The quantitative estimate of drug-likeness (QED) is 0.323. The van der Waals surface area contributed by atoms with Gasteiger partial charge >= 0.3 is 0 Å². The number of benzene rings is 1. The van der Waals surface area contributed by atoms with Crippen LogP contribution in [0.5, 0.6) is 5.75 Å². The number of ether oxygens (including phenoxy) is 1. The summed E-state index contributed by atoms with van der Waals surface area (Å²) in [5.41, 5.74) is 1.23. The lowest BCUT2D eigenvalue weighted by Gasteiger charge is -2.38. The fourth-order valence-electron chi connectivity index (χ4n) is 4.18. The van der Waals surface area contributed by atoms with E-state index in [0.717, 1.165) is 57.5 Å².